The van der Waals surface area contributed by atoms with Crippen LogP contribution in [0.25, 0.3) is 0 Å². The summed E-state index contributed by atoms with van der Waals surface area (Å²) in [5.74, 6) is 0. The number of rotatable bonds is 4. The van der Waals surface area contributed by atoms with Gasteiger partial charge in [0.25, 0.3) is 0 Å². The highest BCUT2D eigenvalue weighted by atomic mass is 19.1. The molecule has 0 saturated carbocycles. The molecule has 6 heteroatoms. The van der Waals surface area contributed by atoms with E-state index in [4.69, 9.17) is 10.5 Å². The number of aliphatic hydroxyl groups excluding tert-OH is 1. The lowest BCUT2D eigenvalue weighted by Crippen LogP contribution is -2.45. The Morgan fingerprint density at radius 2 is 2.04 bits per heavy atom. The zero-order valence-electron chi connectivity index (χ0n) is 14.5. The first kappa shape index (κ1) is 18.7. The van der Waals surface area contributed by atoms with Gasteiger partial charge in [-0.25, -0.2) is 9.18 Å². The molecule has 1 amide bonds. The summed E-state index contributed by atoms with van der Waals surface area (Å²) in [7, 11) is 0. The second-order valence-corrected chi connectivity index (χ2v) is 7.30. The number of ether oxygens (including phenoxy) is 1. The lowest BCUT2D eigenvalue weighted by molar-refractivity contribution is 0.0159. The van der Waals surface area contributed by atoms with Crippen LogP contribution < -0.4 is 5.73 Å². The van der Waals surface area contributed by atoms with Gasteiger partial charge in [0.05, 0.1) is 12.1 Å². The molecule has 24 heavy (non-hydrogen) atoms. The summed E-state index contributed by atoms with van der Waals surface area (Å²) in [6.45, 7) is 5.62. The van der Waals surface area contributed by atoms with Crippen molar-refractivity contribution in [2.75, 3.05) is 6.54 Å². The number of benzene rings is 1. The summed E-state index contributed by atoms with van der Waals surface area (Å²) >= 11 is 0. The molecule has 0 bridgehead atoms. The molecule has 3 N–H and O–H groups in total. The molecule has 5 nitrogen and oxygen atoms in total. The molecule has 1 aromatic rings. The first-order chi connectivity index (χ1) is 11.2. The van der Waals surface area contributed by atoms with Crippen molar-refractivity contribution in [2.24, 2.45) is 5.73 Å². The van der Waals surface area contributed by atoms with Crippen LogP contribution in [0.3, 0.4) is 0 Å². The van der Waals surface area contributed by atoms with Gasteiger partial charge in [0.15, 0.2) is 0 Å². The Morgan fingerprint density at radius 1 is 1.42 bits per heavy atom. The molecule has 0 radical (unpaired) electrons. The summed E-state index contributed by atoms with van der Waals surface area (Å²) < 4.78 is 19.6. The van der Waals surface area contributed by atoms with Gasteiger partial charge < -0.3 is 20.5 Å². The monoisotopic (exact) mass is 338 g/mol. The van der Waals surface area contributed by atoms with Gasteiger partial charge >= 0.3 is 6.09 Å². The summed E-state index contributed by atoms with van der Waals surface area (Å²) in [6, 6.07) is 7.68. The van der Waals surface area contributed by atoms with Crippen molar-refractivity contribution in [3.05, 3.63) is 35.9 Å². The SMILES string of the molecule is CC(C)(C)OC(=O)N1CCC(F)C1CC(N)C(O)c1ccccc1. The van der Waals surface area contributed by atoms with E-state index >= 15 is 0 Å². The van der Waals surface area contributed by atoms with Crippen molar-refractivity contribution in [1.29, 1.82) is 0 Å². The number of carbonyl (C=O) groups excluding carboxylic acids is 1. The Kier molecular flexibility index (Phi) is 5.83. The van der Waals surface area contributed by atoms with Crippen molar-refractivity contribution >= 4 is 6.09 Å². The van der Waals surface area contributed by atoms with Crippen LogP contribution in [0.1, 0.15) is 45.3 Å². The molecule has 4 unspecified atom stereocenters. The summed E-state index contributed by atoms with van der Waals surface area (Å²) in [6.07, 6.45) is -2.16. The lowest BCUT2D eigenvalue weighted by Gasteiger charge is -2.31. The van der Waals surface area contributed by atoms with E-state index < -0.39 is 36.1 Å². The summed E-state index contributed by atoms with van der Waals surface area (Å²) in [5.41, 5.74) is 6.13. The van der Waals surface area contributed by atoms with Crippen LogP contribution in [0.5, 0.6) is 0 Å². The van der Waals surface area contributed by atoms with E-state index in [0.29, 0.717) is 12.1 Å². The van der Waals surface area contributed by atoms with E-state index in [-0.39, 0.29) is 12.8 Å². The molecule has 1 saturated heterocycles. The van der Waals surface area contributed by atoms with E-state index in [1.54, 1.807) is 32.9 Å². The van der Waals surface area contributed by atoms with Gasteiger partial charge in [-0.05, 0) is 39.2 Å². The highest BCUT2D eigenvalue weighted by molar-refractivity contribution is 5.69. The van der Waals surface area contributed by atoms with Gasteiger partial charge in [-0.1, -0.05) is 30.3 Å². The van der Waals surface area contributed by atoms with Crippen molar-refractivity contribution in [3.63, 3.8) is 0 Å². The van der Waals surface area contributed by atoms with Crippen molar-refractivity contribution in [1.82, 2.24) is 4.90 Å². The maximum atomic E-state index is 14.3. The lowest BCUT2D eigenvalue weighted by atomic mass is 9.95. The number of amides is 1. The maximum Gasteiger partial charge on any atom is 0.410 e. The van der Waals surface area contributed by atoms with Crippen molar-refractivity contribution < 1.29 is 19.0 Å². The predicted molar refractivity (Wildman–Crippen MR) is 90.2 cm³/mol. The average Bonchev–Trinajstić information content (AvgIpc) is 2.87. The third-order valence-corrected chi connectivity index (χ3v) is 4.15. The van der Waals surface area contributed by atoms with Crippen LogP contribution >= 0.6 is 0 Å². The quantitative estimate of drug-likeness (QED) is 0.885. The molecule has 1 fully saturated rings. The molecule has 2 rings (SSSR count). The van der Waals surface area contributed by atoms with E-state index in [1.165, 1.54) is 4.90 Å². The average molecular weight is 338 g/mol. The predicted octanol–water partition coefficient (Wildman–Crippen LogP) is 2.78. The van der Waals surface area contributed by atoms with E-state index in [0.717, 1.165) is 0 Å². The van der Waals surface area contributed by atoms with Gasteiger partial charge in [-0.2, -0.15) is 0 Å². The minimum Gasteiger partial charge on any atom is -0.444 e. The summed E-state index contributed by atoms with van der Waals surface area (Å²) in [5, 5.41) is 10.4. The molecular weight excluding hydrogens is 311 g/mol. The molecule has 4 atom stereocenters. The molecule has 1 aromatic carbocycles. The highest BCUT2D eigenvalue weighted by Gasteiger charge is 2.40. The first-order valence-electron chi connectivity index (χ1n) is 8.31. The van der Waals surface area contributed by atoms with Crippen LogP contribution in [0, 0.1) is 0 Å². The highest BCUT2D eigenvalue weighted by Crippen LogP contribution is 2.29. The molecule has 134 valence electrons. The number of alkyl halides is 1. The fourth-order valence-electron chi connectivity index (χ4n) is 2.94. The maximum absolute atomic E-state index is 14.3. The van der Waals surface area contributed by atoms with Crippen LogP contribution in [0.2, 0.25) is 0 Å². The number of carbonyl (C=O) groups is 1. The van der Waals surface area contributed by atoms with E-state index in [9.17, 15) is 14.3 Å². The number of nitrogens with zero attached hydrogens (tertiary/aromatic N) is 1. The first-order valence-corrected chi connectivity index (χ1v) is 8.31. The zero-order valence-corrected chi connectivity index (χ0v) is 14.5. The molecule has 0 aliphatic carbocycles. The van der Waals surface area contributed by atoms with Crippen LogP contribution in [-0.4, -0.2) is 46.5 Å². The van der Waals surface area contributed by atoms with Crippen molar-refractivity contribution in [2.45, 2.75) is 63.6 Å². The van der Waals surface area contributed by atoms with Gasteiger partial charge in [0, 0.05) is 12.6 Å². The Bertz CT molecular complexity index is 547. The standard InChI is InChI=1S/C18H27FN2O3/c1-18(2,3)24-17(23)21-10-9-13(19)15(21)11-14(20)16(22)12-7-5-4-6-8-12/h4-8,13-16,22H,9-11,20H2,1-3H3. The van der Waals surface area contributed by atoms with E-state index in [1.807, 2.05) is 18.2 Å². The second-order valence-electron chi connectivity index (χ2n) is 7.30. The number of aliphatic hydroxyl groups is 1. The molecular formula is C18H27FN2O3. The number of likely N-dealkylation sites (tertiary alicyclic amines) is 1. The van der Waals surface area contributed by atoms with Gasteiger partial charge in [-0.15, -0.1) is 0 Å². The van der Waals surface area contributed by atoms with E-state index in [2.05, 4.69) is 0 Å². The third-order valence-electron chi connectivity index (χ3n) is 4.15. The Morgan fingerprint density at radius 3 is 2.62 bits per heavy atom. The van der Waals surface area contributed by atoms with Crippen LogP contribution in [0.15, 0.2) is 30.3 Å². The number of halogens is 1. The second kappa shape index (κ2) is 7.49. The normalized spacial score (nSPS) is 23.8. The molecule has 1 heterocycles. The molecule has 0 aromatic heterocycles. The minimum atomic E-state index is -1.16. The Labute approximate surface area is 142 Å². The summed E-state index contributed by atoms with van der Waals surface area (Å²) in [4.78, 5) is 13.7. The zero-order chi connectivity index (χ0) is 17.9. The molecule has 1 aliphatic heterocycles. The van der Waals surface area contributed by atoms with Crippen LogP contribution in [-0.2, 0) is 4.74 Å². The topological polar surface area (TPSA) is 75.8 Å². The smallest absolute Gasteiger partial charge is 0.410 e. The van der Waals surface area contributed by atoms with Gasteiger partial charge in [0.2, 0.25) is 0 Å². The number of hydrogen-bond acceptors (Lipinski definition) is 4. The molecule has 0 spiro atoms. The fourth-order valence-corrected chi connectivity index (χ4v) is 2.94. The fraction of sp³-hybridized carbons (Fsp3) is 0.611. The van der Waals surface area contributed by atoms with Gasteiger partial charge in [-0.3, -0.25) is 0 Å². The number of hydrogen-bond donors (Lipinski definition) is 2. The Balaban J connectivity index is 2.04. The minimum absolute atomic E-state index is 0.177. The molecule has 1 aliphatic rings. The third kappa shape index (κ3) is 4.68. The van der Waals surface area contributed by atoms with Crippen LogP contribution in [0.4, 0.5) is 9.18 Å². The largest absolute Gasteiger partial charge is 0.444 e. The Hall–Kier alpha value is -1.66. The van der Waals surface area contributed by atoms with Gasteiger partial charge in [0.1, 0.15) is 11.8 Å². The van der Waals surface area contributed by atoms with Crippen molar-refractivity contribution in [3.8, 4) is 0 Å². The number of nitrogens with two attached hydrogens (primary N) is 1.